The van der Waals surface area contributed by atoms with Gasteiger partial charge in [0, 0.05) is 25.7 Å². The van der Waals surface area contributed by atoms with E-state index in [4.69, 9.17) is 0 Å². The average Bonchev–Trinajstić information content (AvgIpc) is 2.33. The van der Waals surface area contributed by atoms with Crippen LogP contribution < -0.4 is 0 Å². The first-order chi connectivity index (χ1) is 8.52. The minimum atomic E-state index is -0.701. The van der Waals surface area contributed by atoms with E-state index in [0.29, 0.717) is 12.0 Å². The molecule has 18 heavy (non-hydrogen) atoms. The Hall–Kier alpha value is -1.08. The summed E-state index contributed by atoms with van der Waals surface area (Å²) in [6.07, 6.45) is 1.48. The van der Waals surface area contributed by atoms with Gasteiger partial charge in [-0.2, -0.15) is 5.26 Å². The molecule has 1 atom stereocenters. The Kier molecular flexibility index (Phi) is 3.63. The van der Waals surface area contributed by atoms with Crippen LogP contribution in [-0.2, 0) is 4.79 Å². The molecular formula is C14H23N3O. The highest BCUT2D eigenvalue weighted by Gasteiger charge is 2.51. The SMILES string of the molecule is CCN1CCN(C(=O)C2(C#N)CC(C)C2)CC1C. The molecule has 2 rings (SSSR count). The Balaban J connectivity index is 2.01. The zero-order chi connectivity index (χ0) is 13.3. The standard InChI is InChI=1S/C14H23N3O/c1-4-16-5-6-17(9-12(16)3)13(18)14(10-15)7-11(2)8-14/h11-12H,4-9H2,1-3H3. The first-order valence-corrected chi connectivity index (χ1v) is 6.97. The first-order valence-electron chi connectivity index (χ1n) is 6.97. The summed E-state index contributed by atoms with van der Waals surface area (Å²) in [7, 11) is 0. The van der Waals surface area contributed by atoms with Gasteiger partial charge < -0.3 is 4.90 Å². The van der Waals surface area contributed by atoms with Gasteiger partial charge in [0.1, 0.15) is 5.41 Å². The number of carbonyl (C=O) groups excluding carboxylic acids is 1. The zero-order valence-corrected chi connectivity index (χ0v) is 11.6. The highest BCUT2D eigenvalue weighted by molar-refractivity contribution is 5.86. The number of likely N-dealkylation sites (N-methyl/N-ethyl adjacent to an activating group) is 1. The van der Waals surface area contributed by atoms with E-state index in [0.717, 1.165) is 39.0 Å². The van der Waals surface area contributed by atoms with E-state index in [9.17, 15) is 10.1 Å². The normalized spacial score (nSPS) is 36.9. The molecule has 1 aliphatic heterocycles. The van der Waals surface area contributed by atoms with Crippen LogP contribution in [0.15, 0.2) is 0 Å². The summed E-state index contributed by atoms with van der Waals surface area (Å²) in [5.41, 5.74) is -0.701. The number of carbonyl (C=O) groups is 1. The molecule has 0 spiro atoms. The van der Waals surface area contributed by atoms with Crippen LogP contribution in [0.4, 0.5) is 0 Å². The van der Waals surface area contributed by atoms with Crippen LogP contribution in [0.25, 0.3) is 0 Å². The van der Waals surface area contributed by atoms with Gasteiger partial charge in [0.25, 0.3) is 0 Å². The Labute approximate surface area is 110 Å². The number of piperazine rings is 1. The lowest BCUT2D eigenvalue weighted by Crippen LogP contribution is -2.58. The first kappa shape index (κ1) is 13.4. The summed E-state index contributed by atoms with van der Waals surface area (Å²) < 4.78 is 0. The number of amides is 1. The maximum absolute atomic E-state index is 12.5. The van der Waals surface area contributed by atoms with E-state index >= 15 is 0 Å². The monoisotopic (exact) mass is 249 g/mol. The molecule has 1 saturated carbocycles. The summed E-state index contributed by atoms with van der Waals surface area (Å²) in [5.74, 6) is 0.591. The molecule has 0 N–H and O–H groups in total. The van der Waals surface area contributed by atoms with Crippen LogP contribution in [0, 0.1) is 22.7 Å². The second kappa shape index (κ2) is 4.89. The third kappa shape index (κ3) is 2.12. The number of hydrogen-bond acceptors (Lipinski definition) is 3. The van der Waals surface area contributed by atoms with Crippen molar-refractivity contribution in [2.45, 2.75) is 39.7 Å². The number of hydrogen-bond donors (Lipinski definition) is 0. The van der Waals surface area contributed by atoms with Crippen molar-refractivity contribution in [3.05, 3.63) is 0 Å². The fraction of sp³-hybridized carbons (Fsp3) is 0.857. The van der Waals surface area contributed by atoms with Gasteiger partial charge in [-0.1, -0.05) is 13.8 Å². The van der Waals surface area contributed by atoms with E-state index in [1.165, 1.54) is 0 Å². The predicted octanol–water partition coefficient (Wildman–Crippen LogP) is 1.48. The Bertz CT molecular complexity index is 368. The van der Waals surface area contributed by atoms with E-state index in [2.05, 4.69) is 31.7 Å². The van der Waals surface area contributed by atoms with Crippen molar-refractivity contribution < 1.29 is 4.79 Å². The second-order valence-electron chi connectivity index (χ2n) is 5.94. The minimum absolute atomic E-state index is 0.0747. The largest absolute Gasteiger partial charge is 0.338 e. The van der Waals surface area contributed by atoms with Gasteiger partial charge in [0.15, 0.2) is 0 Å². The second-order valence-corrected chi connectivity index (χ2v) is 5.94. The van der Waals surface area contributed by atoms with Gasteiger partial charge in [-0.3, -0.25) is 9.69 Å². The van der Waals surface area contributed by atoms with Gasteiger partial charge in [0.2, 0.25) is 5.91 Å². The van der Waals surface area contributed by atoms with Crippen molar-refractivity contribution in [3.63, 3.8) is 0 Å². The van der Waals surface area contributed by atoms with E-state index < -0.39 is 5.41 Å². The molecule has 4 nitrogen and oxygen atoms in total. The molecule has 4 heteroatoms. The van der Waals surface area contributed by atoms with Crippen LogP contribution in [0.3, 0.4) is 0 Å². The Morgan fingerprint density at radius 1 is 1.39 bits per heavy atom. The average molecular weight is 249 g/mol. The van der Waals surface area contributed by atoms with E-state index in [1.54, 1.807) is 0 Å². The molecule has 1 amide bonds. The van der Waals surface area contributed by atoms with Crippen molar-refractivity contribution in [2.75, 3.05) is 26.2 Å². The molecule has 0 bridgehead atoms. The maximum Gasteiger partial charge on any atom is 0.243 e. The van der Waals surface area contributed by atoms with Crippen LogP contribution in [0.1, 0.15) is 33.6 Å². The molecule has 0 aromatic heterocycles. The van der Waals surface area contributed by atoms with Crippen molar-refractivity contribution in [2.24, 2.45) is 11.3 Å². The molecule has 1 heterocycles. The molecule has 100 valence electrons. The lowest BCUT2D eigenvalue weighted by Gasteiger charge is -2.46. The summed E-state index contributed by atoms with van der Waals surface area (Å²) in [6.45, 7) is 9.92. The van der Waals surface area contributed by atoms with Gasteiger partial charge >= 0.3 is 0 Å². The van der Waals surface area contributed by atoms with Crippen LogP contribution in [0.2, 0.25) is 0 Å². The summed E-state index contributed by atoms with van der Waals surface area (Å²) in [5, 5.41) is 9.31. The van der Waals surface area contributed by atoms with Gasteiger partial charge in [-0.25, -0.2) is 0 Å². The summed E-state index contributed by atoms with van der Waals surface area (Å²) >= 11 is 0. The molecule has 1 saturated heterocycles. The topological polar surface area (TPSA) is 47.3 Å². The fourth-order valence-electron chi connectivity index (χ4n) is 3.40. The zero-order valence-electron chi connectivity index (χ0n) is 11.6. The predicted molar refractivity (Wildman–Crippen MR) is 69.7 cm³/mol. The van der Waals surface area contributed by atoms with Crippen molar-refractivity contribution in [3.8, 4) is 6.07 Å². The Morgan fingerprint density at radius 2 is 2.06 bits per heavy atom. The van der Waals surface area contributed by atoms with Crippen molar-refractivity contribution in [1.29, 1.82) is 5.26 Å². The van der Waals surface area contributed by atoms with Gasteiger partial charge in [-0.05, 0) is 32.2 Å². The third-order valence-corrected chi connectivity index (χ3v) is 4.48. The number of nitriles is 1. The number of rotatable bonds is 2. The quantitative estimate of drug-likeness (QED) is 0.744. The Morgan fingerprint density at radius 3 is 2.50 bits per heavy atom. The smallest absolute Gasteiger partial charge is 0.243 e. The molecular weight excluding hydrogens is 226 g/mol. The fourth-order valence-corrected chi connectivity index (χ4v) is 3.40. The van der Waals surface area contributed by atoms with Crippen LogP contribution in [-0.4, -0.2) is 47.9 Å². The van der Waals surface area contributed by atoms with E-state index in [1.807, 2.05) is 4.90 Å². The molecule has 1 aliphatic carbocycles. The lowest BCUT2D eigenvalue weighted by atomic mass is 9.62. The summed E-state index contributed by atoms with van der Waals surface area (Å²) in [6, 6.07) is 2.68. The maximum atomic E-state index is 12.5. The van der Waals surface area contributed by atoms with Crippen molar-refractivity contribution in [1.82, 2.24) is 9.80 Å². The van der Waals surface area contributed by atoms with Crippen LogP contribution >= 0.6 is 0 Å². The minimum Gasteiger partial charge on any atom is -0.338 e. The highest BCUT2D eigenvalue weighted by atomic mass is 16.2. The summed E-state index contributed by atoms with van der Waals surface area (Å²) in [4.78, 5) is 16.8. The molecule has 0 aromatic carbocycles. The van der Waals surface area contributed by atoms with Gasteiger partial charge in [-0.15, -0.1) is 0 Å². The van der Waals surface area contributed by atoms with Crippen LogP contribution in [0.5, 0.6) is 0 Å². The molecule has 0 radical (unpaired) electrons. The molecule has 2 aliphatic rings. The number of nitrogens with zero attached hydrogens (tertiary/aromatic N) is 3. The van der Waals surface area contributed by atoms with Gasteiger partial charge in [0.05, 0.1) is 6.07 Å². The third-order valence-electron chi connectivity index (χ3n) is 4.48. The molecule has 0 aromatic rings. The molecule has 2 fully saturated rings. The lowest BCUT2D eigenvalue weighted by molar-refractivity contribution is -0.148. The highest BCUT2D eigenvalue weighted by Crippen LogP contribution is 2.46. The molecule has 1 unspecified atom stereocenters. The van der Waals surface area contributed by atoms with Crippen molar-refractivity contribution >= 4 is 5.91 Å². The van der Waals surface area contributed by atoms with E-state index in [-0.39, 0.29) is 5.91 Å².